The monoisotopic (exact) mass is 281 g/mol. The smallest absolute Gasteiger partial charge is 0.257 e. The van der Waals surface area contributed by atoms with E-state index >= 15 is 0 Å². The minimum Gasteiger partial charge on any atom is -0.484 e. The summed E-state index contributed by atoms with van der Waals surface area (Å²) in [5.74, 6) is -0.00852. The molecule has 0 bridgehead atoms. The normalized spacial score (nSPS) is 9.90. The molecule has 0 aromatic heterocycles. The molecular formula is C13H19N3O4. The number of nitrogens with one attached hydrogen (secondary N) is 2. The van der Waals surface area contributed by atoms with E-state index in [2.05, 4.69) is 10.6 Å². The number of amides is 2. The highest BCUT2D eigenvalue weighted by Crippen LogP contribution is 2.17. The van der Waals surface area contributed by atoms with E-state index in [0.29, 0.717) is 24.6 Å². The molecule has 0 aliphatic heterocycles. The fourth-order valence-electron chi connectivity index (χ4n) is 1.33. The maximum Gasteiger partial charge on any atom is 0.257 e. The van der Waals surface area contributed by atoms with Crippen LogP contribution in [0.1, 0.15) is 0 Å². The summed E-state index contributed by atoms with van der Waals surface area (Å²) in [6, 6.07) is 6.76. The number of hydrogen-bond acceptors (Lipinski definition) is 5. The fraction of sp³-hybridized carbons (Fsp3) is 0.385. The molecule has 0 fully saturated rings. The fourth-order valence-corrected chi connectivity index (χ4v) is 1.33. The molecule has 1 aromatic rings. The zero-order chi connectivity index (χ0) is 14.8. The minimum absolute atomic E-state index is 0.0550. The summed E-state index contributed by atoms with van der Waals surface area (Å²) in [5, 5.41) is 5.11. The highest BCUT2D eigenvalue weighted by Gasteiger charge is 2.04. The third-order valence-electron chi connectivity index (χ3n) is 2.26. The first-order valence-corrected chi connectivity index (χ1v) is 6.17. The molecule has 0 heterocycles. The lowest BCUT2D eigenvalue weighted by atomic mass is 10.3. The maximum atomic E-state index is 11.5. The van der Waals surface area contributed by atoms with Gasteiger partial charge in [0.25, 0.3) is 5.91 Å². The molecule has 0 saturated carbocycles. The van der Waals surface area contributed by atoms with E-state index in [1.54, 1.807) is 24.3 Å². The number of hydrogen-bond donors (Lipinski definition) is 3. The Morgan fingerprint density at radius 1 is 1.25 bits per heavy atom. The van der Waals surface area contributed by atoms with E-state index < -0.39 is 0 Å². The predicted molar refractivity (Wildman–Crippen MR) is 74.5 cm³/mol. The van der Waals surface area contributed by atoms with Crippen molar-refractivity contribution >= 4 is 17.5 Å². The third-order valence-corrected chi connectivity index (χ3v) is 2.26. The molecule has 0 radical (unpaired) electrons. The van der Waals surface area contributed by atoms with Crippen LogP contribution in [0, 0.1) is 0 Å². The summed E-state index contributed by atoms with van der Waals surface area (Å²) in [6.45, 7) is 0.576. The molecule has 1 rings (SSSR count). The molecule has 0 saturated heterocycles. The van der Waals surface area contributed by atoms with Gasteiger partial charge in [-0.3, -0.25) is 9.59 Å². The second-order valence-electron chi connectivity index (χ2n) is 3.88. The van der Waals surface area contributed by atoms with E-state index in [1.807, 2.05) is 0 Å². The molecule has 110 valence electrons. The molecule has 2 amide bonds. The Morgan fingerprint density at radius 2 is 2.05 bits per heavy atom. The second kappa shape index (κ2) is 8.89. The van der Waals surface area contributed by atoms with Crippen LogP contribution in [0.2, 0.25) is 0 Å². The van der Waals surface area contributed by atoms with Crippen molar-refractivity contribution in [3.05, 3.63) is 24.3 Å². The van der Waals surface area contributed by atoms with Crippen molar-refractivity contribution < 1.29 is 19.1 Å². The van der Waals surface area contributed by atoms with Gasteiger partial charge in [-0.15, -0.1) is 0 Å². The largest absolute Gasteiger partial charge is 0.484 e. The first-order chi connectivity index (χ1) is 9.65. The van der Waals surface area contributed by atoms with E-state index in [1.165, 1.54) is 7.05 Å². The van der Waals surface area contributed by atoms with Crippen molar-refractivity contribution in [2.45, 2.75) is 0 Å². The van der Waals surface area contributed by atoms with E-state index in [4.69, 9.17) is 15.2 Å². The Labute approximate surface area is 117 Å². The molecular weight excluding hydrogens is 262 g/mol. The lowest BCUT2D eigenvalue weighted by Gasteiger charge is -2.09. The number of nitrogens with two attached hydrogens (primary N) is 1. The van der Waals surface area contributed by atoms with Crippen LogP contribution in [0.4, 0.5) is 5.69 Å². The highest BCUT2D eigenvalue weighted by atomic mass is 16.5. The zero-order valence-electron chi connectivity index (χ0n) is 11.3. The Morgan fingerprint density at radius 3 is 2.75 bits per heavy atom. The summed E-state index contributed by atoms with van der Waals surface area (Å²) in [6.07, 6.45) is 0. The molecule has 7 nitrogen and oxygen atoms in total. The highest BCUT2D eigenvalue weighted by molar-refractivity contribution is 5.91. The lowest BCUT2D eigenvalue weighted by molar-refractivity contribution is -0.122. The van der Waals surface area contributed by atoms with E-state index in [9.17, 15) is 9.59 Å². The molecule has 0 aliphatic carbocycles. The standard InChI is InChI=1S/C13H19N3O4/c1-15-12(17)9-20-11-4-2-3-10(7-11)16-13(18)8-19-6-5-14/h2-4,7H,5-6,8-9,14H2,1H3,(H,15,17)(H,16,18). The second-order valence-corrected chi connectivity index (χ2v) is 3.88. The number of anilines is 1. The van der Waals surface area contributed by atoms with Gasteiger partial charge >= 0.3 is 0 Å². The van der Waals surface area contributed by atoms with E-state index in [-0.39, 0.29) is 25.0 Å². The van der Waals surface area contributed by atoms with Crippen LogP contribution in [0.3, 0.4) is 0 Å². The average molecular weight is 281 g/mol. The number of carbonyl (C=O) groups excluding carboxylic acids is 2. The van der Waals surface area contributed by atoms with Crippen LogP contribution >= 0.6 is 0 Å². The molecule has 0 aliphatic rings. The number of rotatable bonds is 8. The number of likely N-dealkylation sites (N-methyl/N-ethyl adjacent to an activating group) is 1. The first-order valence-electron chi connectivity index (χ1n) is 6.17. The summed E-state index contributed by atoms with van der Waals surface area (Å²) >= 11 is 0. The van der Waals surface area contributed by atoms with Crippen LogP contribution in [0.25, 0.3) is 0 Å². The van der Waals surface area contributed by atoms with Crippen molar-refractivity contribution in [3.63, 3.8) is 0 Å². The summed E-state index contributed by atoms with van der Waals surface area (Å²) in [5.41, 5.74) is 5.82. The summed E-state index contributed by atoms with van der Waals surface area (Å²) in [7, 11) is 1.53. The molecule has 0 unspecified atom stereocenters. The first kappa shape index (κ1) is 15.9. The van der Waals surface area contributed by atoms with Crippen molar-refractivity contribution in [3.8, 4) is 5.75 Å². The van der Waals surface area contributed by atoms with Gasteiger partial charge in [-0.2, -0.15) is 0 Å². The average Bonchev–Trinajstić information content (AvgIpc) is 2.45. The number of benzene rings is 1. The molecule has 20 heavy (non-hydrogen) atoms. The summed E-state index contributed by atoms with van der Waals surface area (Å²) < 4.78 is 10.3. The SMILES string of the molecule is CNC(=O)COc1cccc(NC(=O)COCCN)c1. The van der Waals surface area contributed by atoms with Gasteiger partial charge in [-0.1, -0.05) is 6.07 Å². The third kappa shape index (κ3) is 6.17. The minimum atomic E-state index is -0.276. The number of ether oxygens (including phenoxy) is 2. The van der Waals surface area contributed by atoms with Gasteiger partial charge in [0.1, 0.15) is 12.4 Å². The van der Waals surface area contributed by atoms with Crippen LogP contribution in [-0.4, -0.2) is 45.2 Å². The van der Waals surface area contributed by atoms with Crippen molar-refractivity contribution in [2.24, 2.45) is 5.73 Å². The topological polar surface area (TPSA) is 103 Å². The molecule has 4 N–H and O–H groups in total. The van der Waals surface area contributed by atoms with Crippen LogP contribution < -0.4 is 21.1 Å². The van der Waals surface area contributed by atoms with Gasteiger partial charge in [0.2, 0.25) is 5.91 Å². The van der Waals surface area contributed by atoms with Gasteiger partial charge in [0, 0.05) is 25.3 Å². The lowest BCUT2D eigenvalue weighted by Crippen LogP contribution is -2.24. The molecule has 7 heteroatoms. The Bertz CT molecular complexity index is 451. The molecule has 0 spiro atoms. The molecule has 0 atom stereocenters. The van der Waals surface area contributed by atoms with Gasteiger partial charge in [0.15, 0.2) is 6.61 Å². The Balaban J connectivity index is 2.46. The quantitative estimate of drug-likeness (QED) is 0.569. The van der Waals surface area contributed by atoms with Crippen molar-refractivity contribution in [1.29, 1.82) is 0 Å². The van der Waals surface area contributed by atoms with Gasteiger partial charge in [-0.25, -0.2) is 0 Å². The van der Waals surface area contributed by atoms with Crippen molar-refractivity contribution in [1.82, 2.24) is 5.32 Å². The van der Waals surface area contributed by atoms with Gasteiger partial charge in [-0.05, 0) is 12.1 Å². The Hall–Kier alpha value is -2.12. The van der Waals surface area contributed by atoms with Crippen LogP contribution in [-0.2, 0) is 14.3 Å². The van der Waals surface area contributed by atoms with Crippen molar-refractivity contribution in [2.75, 3.05) is 38.7 Å². The van der Waals surface area contributed by atoms with E-state index in [0.717, 1.165) is 0 Å². The molecule has 1 aromatic carbocycles. The Kier molecular flexibility index (Phi) is 7.08. The number of carbonyl (C=O) groups is 2. The summed E-state index contributed by atoms with van der Waals surface area (Å²) in [4.78, 5) is 22.6. The maximum absolute atomic E-state index is 11.5. The predicted octanol–water partition coefficient (Wildman–Crippen LogP) is -0.275. The van der Waals surface area contributed by atoms with Gasteiger partial charge in [0.05, 0.1) is 6.61 Å². The zero-order valence-corrected chi connectivity index (χ0v) is 11.3. The van der Waals surface area contributed by atoms with Gasteiger partial charge < -0.3 is 25.8 Å². The van der Waals surface area contributed by atoms with Crippen LogP contribution in [0.15, 0.2) is 24.3 Å². The van der Waals surface area contributed by atoms with Crippen LogP contribution in [0.5, 0.6) is 5.75 Å².